The zero-order valence-electron chi connectivity index (χ0n) is 22.1. The lowest BCUT2D eigenvalue weighted by molar-refractivity contribution is -0.895. The summed E-state index contributed by atoms with van der Waals surface area (Å²) in [5.41, 5.74) is 2.59. The number of nitrogens with one attached hydrogen (secondary N) is 1. The number of rotatable bonds is 10. The third-order valence-electron chi connectivity index (χ3n) is 7.14. The van der Waals surface area contributed by atoms with Gasteiger partial charge in [0.15, 0.2) is 0 Å². The van der Waals surface area contributed by atoms with Crippen molar-refractivity contribution in [3.05, 3.63) is 101 Å². The number of ketones is 1. The number of carbonyl (C=O) groups is 2. The van der Waals surface area contributed by atoms with Crippen molar-refractivity contribution in [2.45, 2.75) is 33.4 Å². The first-order valence-electron chi connectivity index (χ1n) is 13.0. The van der Waals surface area contributed by atoms with Gasteiger partial charge in [0.25, 0.3) is 5.91 Å². The zero-order chi connectivity index (χ0) is 27.2. The van der Waals surface area contributed by atoms with E-state index >= 15 is 0 Å². The number of likely N-dealkylation sites (N-methyl/N-ethyl adjacent to an activating group) is 1. The molecule has 3 aromatic rings. The Kier molecular flexibility index (Phi) is 8.48. The average molecular weight is 515 g/mol. The van der Waals surface area contributed by atoms with Gasteiger partial charge in [-0.2, -0.15) is 0 Å². The van der Waals surface area contributed by atoms with E-state index in [1.54, 1.807) is 37.3 Å². The number of quaternary nitrogens is 1. The fraction of sp³-hybridized carbons (Fsp3) is 0.290. The Labute approximate surface area is 223 Å². The average Bonchev–Trinajstić information content (AvgIpc) is 3.18. The van der Waals surface area contributed by atoms with Crippen molar-refractivity contribution in [3.63, 3.8) is 0 Å². The Bertz CT molecular complexity index is 1310. The number of phenolic OH excluding ortho intramolecular Hbond substituents is 1. The van der Waals surface area contributed by atoms with Crippen molar-refractivity contribution >= 4 is 17.4 Å². The summed E-state index contributed by atoms with van der Waals surface area (Å²) in [6.07, 6.45) is 0. The summed E-state index contributed by atoms with van der Waals surface area (Å²) in [7, 11) is 0. The molecule has 38 heavy (non-hydrogen) atoms. The number of carbonyl (C=O) groups excluding carboxylic acids is 2. The number of benzene rings is 3. The highest BCUT2D eigenvalue weighted by atomic mass is 16.5. The van der Waals surface area contributed by atoms with Crippen molar-refractivity contribution in [3.8, 4) is 11.5 Å². The Morgan fingerprint density at radius 1 is 1.00 bits per heavy atom. The third kappa shape index (κ3) is 5.73. The maximum absolute atomic E-state index is 13.8. The molecule has 1 aliphatic rings. The molecular weight excluding hydrogens is 480 g/mol. The van der Waals surface area contributed by atoms with Crippen LogP contribution < -0.4 is 14.7 Å². The molecule has 2 N–H and O–H groups in total. The number of aromatic hydroxyl groups is 1. The maximum atomic E-state index is 13.8. The van der Waals surface area contributed by atoms with Crippen LogP contribution >= 0.6 is 0 Å². The summed E-state index contributed by atoms with van der Waals surface area (Å²) < 4.78 is 5.89. The molecule has 0 radical (unpaired) electrons. The van der Waals surface area contributed by atoms with Gasteiger partial charge in [-0.3, -0.25) is 9.59 Å². The van der Waals surface area contributed by atoms with Gasteiger partial charge in [0.2, 0.25) is 5.78 Å². The molecule has 1 amide bonds. The highest BCUT2D eigenvalue weighted by molar-refractivity contribution is 6.46. The number of likely N-dealkylation sites (tertiary alicyclic amines) is 1. The van der Waals surface area contributed by atoms with E-state index in [2.05, 4.69) is 13.8 Å². The normalized spacial score (nSPS) is 16.8. The van der Waals surface area contributed by atoms with Gasteiger partial charge < -0.3 is 24.7 Å². The molecule has 0 aliphatic carbocycles. The molecule has 7 nitrogen and oxygen atoms in total. The van der Waals surface area contributed by atoms with Crippen LogP contribution in [0.5, 0.6) is 11.5 Å². The lowest BCUT2D eigenvalue weighted by atomic mass is 9.94. The fourth-order valence-electron chi connectivity index (χ4n) is 4.85. The molecule has 1 unspecified atom stereocenters. The molecule has 3 aromatic carbocycles. The van der Waals surface area contributed by atoms with Crippen molar-refractivity contribution in [1.82, 2.24) is 4.90 Å². The fourth-order valence-corrected chi connectivity index (χ4v) is 4.85. The van der Waals surface area contributed by atoms with E-state index in [1.165, 1.54) is 21.9 Å². The van der Waals surface area contributed by atoms with Crippen LogP contribution in [-0.4, -0.2) is 47.9 Å². The molecule has 1 heterocycles. The highest BCUT2D eigenvalue weighted by Crippen LogP contribution is 2.39. The molecule has 1 atom stereocenters. The van der Waals surface area contributed by atoms with E-state index in [4.69, 9.17) is 4.74 Å². The third-order valence-corrected chi connectivity index (χ3v) is 7.14. The molecule has 0 spiro atoms. The first-order valence-corrected chi connectivity index (χ1v) is 13.0. The molecule has 7 heteroatoms. The van der Waals surface area contributed by atoms with Crippen LogP contribution in [0.2, 0.25) is 0 Å². The van der Waals surface area contributed by atoms with Crippen molar-refractivity contribution in [2.75, 3.05) is 26.2 Å². The number of nitrogens with zero attached hydrogens (tertiary/aromatic N) is 1. The highest BCUT2D eigenvalue weighted by Gasteiger charge is 2.44. The predicted octanol–water partition coefficient (Wildman–Crippen LogP) is 2.43. The minimum absolute atomic E-state index is 0.0590. The van der Waals surface area contributed by atoms with Gasteiger partial charge in [-0.05, 0) is 67.3 Å². The summed E-state index contributed by atoms with van der Waals surface area (Å²) in [6, 6.07) is 20.4. The first-order chi connectivity index (χ1) is 18.3. The number of Topliss-reactive ketones (excluding diaryl/α,β-unsaturated/α-hetero) is 1. The van der Waals surface area contributed by atoms with Crippen LogP contribution in [0.25, 0.3) is 5.76 Å². The van der Waals surface area contributed by atoms with Gasteiger partial charge in [0.05, 0.1) is 32.2 Å². The number of amides is 1. The van der Waals surface area contributed by atoms with E-state index < -0.39 is 23.5 Å². The van der Waals surface area contributed by atoms with Crippen LogP contribution in [0.3, 0.4) is 0 Å². The van der Waals surface area contributed by atoms with E-state index in [0.717, 1.165) is 18.7 Å². The van der Waals surface area contributed by atoms with Gasteiger partial charge in [-0.15, -0.1) is 0 Å². The van der Waals surface area contributed by atoms with Gasteiger partial charge in [0, 0.05) is 5.57 Å². The molecule has 0 bridgehead atoms. The maximum Gasteiger partial charge on any atom is 0.295 e. The molecular formula is C31H34N2O5. The molecule has 0 saturated carbocycles. The minimum atomic E-state index is -0.813. The first kappa shape index (κ1) is 26.9. The molecule has 1 saturated heterocycles. The van der Waals surface area contributed by atoms with Crippen molar-refractivity contribution < 1.29 is 29.4 Å². The number of aryl methyl sites for hydroxylation is 1. The van der Waals surface area contributed by atoms with Gasteiger partial charge in [-0.1, -0.05) is 54.3 Å². The second-order valence-electron chi connectivity index (χ2n) is 9.52. The monoisotopic (exact) mass is 514 g/mol. The Balaban J connectivity index is 1.69. The Morgan fingerprint density at radius 2 is 1.68 bits per heavy atom. The number of hydrogen-bond donors (Lipinski definition) is 2. The van der Waals surface area contributed by atoms with Crippen LogP contribution in [0.4, 0.5) is 0 Å². The molecule has 0 aromatic heterocycles. The summed E-state index contributed by atoms with van der Waals surface area (Å²) in [5.74, 6) is -1.23. The lowest BCUT2D eigenvalue weighted by Gasteiger charge is -2.29. The largest absolute Gasteiger partial charge is 0.872 e. The lowest BCUT2D eigenvalue weighted by Crippen LogP contribution is -3.12. The van der Waals surface area contributed by atoms with Crippen LogP contribution in [-0.2, 0) is 16.2 Å². The molecule has 1 fully saturated rings. The van der Waals surface area contributed by atoms with Crippen LogP contribution in [0.1, 0.15) is 42.1 Å². The summed E-state index contributed by atoms with van der Waals surface area (Å²) in [4.78, 5) is 29.2. The number of ether oxygens (including phenoxy) is 1. The second kappa shape index (κ2) is 12.0. The Morgan fingerprint density at radius 3 is 2.32 bits per heavy atom. The molecule has 4 rings (SSSR count). The van der Waals surface area contributed by atoms with Crippen molar-refractivity contribution in [2.24, 2.45) is 0 Å². The smallest absolute Gasteiger partial charge is 0.295 e. The summed E-state index contributed by atoms with van der Waals surface area (Å²) in [5, 5.41) is 23.6. The quantitative estimate of drug-likeness (QED) is 0.246. The van der Waals surface area contributed by atoms with E-state index in [-0.39, 0.29) is 11.3 Å². The Hall–Kier alpha value is -4.10. The van der Waals surface area contributed by atoms with Gasteiger partial charge in [0.1, 0.15) is 18.1 Å². The second-order valence-corrected chi connectivity index (χ2v) is 9.52. The summed E-state index contributed by atoms with van der Waals surface area (Å²) >= 11 is 0. The predicted molar refractivity (Wildman–Crippen MR) is 143 cm³/mol. The number of phenols is 1. The van der Waals surface area contributed by atoms with Gasteiger partial charge in [-0.25, -0.2) is 0 Å². The molecule has 1 aliphatic heterocycles. The van der Waals surface area contributed by atoms with Crippen LogP contribution in [0.15, 0.2) is 78.4 Å². The topological polar surface area (TPSA) is 94.3 Å². The SMILES string of the molecule is CC[NH+](CC)CCN1C(=O)C(=O)C(=C([O-])c2ccc(OCc3ccccc3)cc2C)C1c1ccc(O)cc1. The van der Waals surface area contributed by atoms with Crippen LogP contribution in [0, 0.1) is 6.92 Å². The van der Waals surface area contributed by atoms with Gasteiger partial charge >= 0.3 is 0 Å². The standard InChI is InChI=1S/C31H34N2O5/c1-4-32(5-2)17-18-33-28(23-11-13-24(34)14-12-23)27(30(36)31(33)37)29(35)26-16-15-25(19-21(26)3)38-20-22-9-7-6-8-10-22/h6-16,19,28,34-35H,4-5,17-18,20H2,1-3H3. The minimum Gasteiger partial charge on any atom is -0.872 e. The van der Waals surface area contributed by atoms with E-state index in [1.807, 2.05) is 30.3 Å². The zero-order valence-corrected chi connectivity index (χ0v) is 22.1. The van der Waals surface area contributed by atoms with E-state index in [0.29, 0.717) is 42.1 Å². The van der Waals surface area contributed by atoms with E-state index in [9.17, 15) is 19.8 Å². The summed E-state index contributed by atoms with van der Waals surface area (Å²) in [6.45, 7) is 9.12. The van der Waals surface area contributed by atoms with Crippen molar-refractivity contribution in [1.29, 1.82) is 0 Å². The molecule has 198 valence electrons. The number of hydrogen-bond acceptors (Lipinski definition) is 5.